The molecule has 2 aromatic carbocycles. The second-order valence-corrected chi connectivity index (χ2v) is 7.55. The topological polar surface area (TPSA) is 118 Å². The van der Waals surface area contributed by atoms with Crippen LogP contribution in [0.25, 0.3) is 22.5 Å². The summed E-state index contributed by atoms with van der Waals surface area (Å²) in [6, 6.07) is 7.88. The summed E-state index contributed by atoms with van der Waals surface area (Å²) in [5.74, 6) is -3.01. The Morgan fingerprint density at radius 3 is 2.51 bits per heavy atom. The van der Waals surface area contributed by atoms with E-state index in [1.807, 2.05) is 0 Å². The molecule has 12 heteroatoms. The van der Waals surface area contributed by atoms with E-state index in [1.54, 1.807) is 0 Å². The van der Waals surface area contributed by atoms with Crippen molar-refractivity contribution in [3.63, 3.8) is 0 Å². The van der Waals surface area contributed by atoms with Gasteiger partial charge in [0.05, 0.1) is 42.7 Å². The third-order valence-electron chi connectivity index (χ3n) is 5.41. The lowest BCUT2D eigenvalue weighted by molar-refractivity contribution is 0.0157. The number of aromatic nitrogens is 5. The fraction of sp³-hybridized carbons (Fsp3) is 0.217. The molecule has 0 unspecified atom stereocenters. The van der Waals surface area contributed by atoms with Crippen LogP contribution in [0.2, 0.25) is 0 Å². The number of nitrogens with zero attached hydrogens (tertiary/aromatic N) is 4. The molecule has 0 aliphatic carbocycles. The molecule has 0 radical (unpaired) electrons. The van der Waals surface area contributed by atoms with Crippen LogP contribution in [0, 0.1) is 17.5 Å². The van der Waals surface area contributed by atoms with Crippen molar-refractivity contribution in [1.82, 2.24) is 30.5 Å². The maximum Gasteiger partial charge on any atom is 0.252 e. The molecule has 0 aliphatic rings. The van der Waals surface area contributed by atoms with E-state index in [0.29, 0.717) is 0 Å². The first-order valence-corrected chi connectivity index (χ1v) is 10.5. The van der Waals surface area contributed by atoms with Gasteiger partial charge in [0.2, 0.25) is 0 Å². The average molecular weight is 486 g/mol. The largest absolute Gasteiger partial charge is 0.394 e. The fourth-order valence-electron chi connectivity index (χ4n) is 3.64. The Bertz CT molecular complexity index is 1290. The van der Waals surface area contributed by atoms with Crippen molar-refractivity contribution in [2.45, 2.75) is 18.7 Å². The summed E-state index contributed by atoms with van der Waals surface area (Å²) in [4.78, 5) is 14.5. The molecule has 4 aromatic rings. The zero-order valence-electron chi connectivity index (χ0n) is 18.5. The predicted octanol–water partition coefficient (Wildman–Crippen LogP) is 2.56. The molecule has 1 amide bonds. The van der Waals surface area contributed by atoms with E-state index in [1.165, 1.54) is 48.6 Å². The Kier molecular flexibility index (Phi) is 7.22. The highest BCUT2D eigenvalue weighted by Gasteiger charge is 2.28. The van der Waals surface area contributed by atoms with Gasteiger partial charge in [-0.15, -0.1) is 0 Å². The number of ether oxygens (including phenoxy) is 1. The van der Waals surface area contributed by atoms with Gasteiger partial charge in [-0.3, -0.25) is 9.89 Å². The van der Waals surface area contributed by atoms with Gasteiger partial charge in [0, 0.05) is 12.7 Å². The predicted molar refractivity (Wildman–Crippen MR) is 118 cm³/mol. The number of aliphatic hydroxyl groups is 1. The molecule has 2 heterocycles. The monoisotopic (exact) mass is 486 g/mol. The van der Waals surface area contributed by atoms with Gasteiger partial charge in [0.25, 0.3) is 5.91 Å². The number of aliphatic hydroxyl groups excluding tert-OH is 1. The summed E-state index contributed by atoms with van der Waals surface area (Å²) in [5, 5.41) is 26.7. The van der Waals surface area contributed by atoms with Crippen LogP contribution in [-0.4, -0.2) is 62.1 Å². The summed E-state index contributed by atoms with van der Waals surface area (Å²) in [6.07, 6.45) is 2.07. The van der Waals surface area contributed by atoms with Gasteiger partial charge < -0.3 is 15.2 Å². The van der Waals surface area contributed by atoms with Gasteiger partial charge in [-0.1, -0.05) is 6.07 Å². The van der Waals surface area contributed by atoms with Crippen molar-refractivity contribution in [2.24, 2.45) is 0 Å². The van der Waals surface area contributed by atoms with Gasteiger partial charge >= 0.3 is 0 Å². The number of hydrogen-bond donors (Lipinski definition) is 3. The van der Waals surface area contributed by atoms with Crippen LogP contribution in [0.15, 0.2) is 54.9 Å². The van der Waals surface area contributed by atoms with Crippen molar-refractivity contribution in [3.05, 3.63) is 77.9 Å². The minimum absolute atomic E-state index is 0.0512. The first-order valence-electron chi connectivity index (χ1n) is 10.5. The standard InChI is InChI=1S/C23H21F3N6O3/c1-35-18(12-33)17(11-32-27-9-10-28-32)29-23(34)15-3-2-4-16(25)19(15)22-20(26)21(30-31-22)13-5-7-14(24)8-6-13/h2-10,17-18,33H,11-12H2,1H3,(H,29,34)(H,30,31)/t17-,18-/m1/s1. The first kappa shape index (κ1) is 24.1. The summed E-state index contributed by atoms with van der Waals surface area (Å²) < 4.78 is 48.8. The van der Waals surface area contributed by atoms with Gasteiger partial charge in [0.15, 0.2) is 5.82 Å². The zero-order chi connectivity index (χ0) is 24.9. The lowest BCUT2D eigenvalue weighted by atomic mass is 10.0. The zero-order valence-corrected chi connectivity index (χ0v) is 18.5. The molecule has 2 aromatic heterocycles. The maximum atomic E-state index is 15.3. The van der Waals surface area contributed by atoms with Crippen molar-refractivity contribution < 1.29 is 27.8 Å². The normalized spacial score (nSPS) is 12.9. The molecule has 3 N–H and O–H groups in total. The number of aromatic amines is 1. The van der Waals surface area contributed by atoms with E-state index in [-0.39, 0.29) is 34.6 Å². The van der Waals surface area contributed by atoms with E-state index in [9.17, 15) is 18.7 Å². The van der Waals surface area contributed by atoms with E-state index in [2.05, 4.69) is 25.7 Å². The Morgan fingerprint density at radius 1 is 1.14 bits per heavy atom. The number of carbonyl (C=O) groups excluding carboxylic acids is 1. The molecule has 0 spiro atoms. The molecule has 4 rings (SSSR count). The molecule has 0 bridgehead atoms. The molecule has 0 fully saturated rings. The molecule has 0 aliphatic heterocycles. The van der Waals surface area contributed by atoms with Crippen LogP contribution >= 0.6 is 0 Å². The van der Waals surface area contributed by atoms with Crippen molar-refractivity contribution in [1.29, 1.82) is 0 Å². The SMILES string of the molecule is CO[C@H](CO)[C@@H](Cn1nccn1)NC(=O)c1cccc(F)c1-c1[nH]nc(-c2ccc(F)cc2)c1F. The molecule has 0 saturated carbocycles. The van der Waals surface area contributed by atoms with E-state index >= 15 is 4.39 Å². The third kappa shape index (κ3) is 5.08. The number of H-pyrrole nitrogens is 1. The minimum atomic E-state index is -0.904. The maximum absolute atomic E-state index is 15.3. The van der Waals surface area contributed by atoms with Gasteiger partial charge in [-0.2, -0.15) is 20.1 Å². The Morgan fingerprint density at radius 2 is 1.86 bits per heavy atom. The number of methoxy groups -OCH3 is 1. The Hall–Kier alpha value is -4.03. The first-order chi connectivity index (χ1) is 16.9. The summed E-state index contributed by atoms with van der Waals surface area (Å²) in [6.45, 7) is -0.371. The molecular weight excluding hydrogens is 465 g/mol. The van der Waals surface area contributed by atoms with Crippen molar-refractivity contribution in [3.8, 4) is 22.5 Å². The van der Waals surface area contributed by atoms with Crippen LogP contribution in [0.4, 0.5) is 13.2 Å². The number of carbonyl (C=O) groups is 1. The number of rotatable bonds is 9. The number of amides is 1. The highest BCUT2D eigenvalue weighted by molar-refractivity contribution is 6.01. The van der Waals surface area contributed by atoms with Crippen LogP contribution in [0.5, 0.6) is 0 Å². The summed E-state index contributed by atoms with van der Waals surface area (Å²) >= 11 is 0. The quantitative estimate of drug-likeness (QED) is 0.335. The number of benzene rings is 2. The van der Waals surface area contributed by atoms with Crippen molar-refractivity contribution in [2.75, 3.05) is 13.7 Å². The second-order valence-electron chi connectivity index (χ2n) is 7.55. The smallest absolute Gasteiger partial charge is 0.252 e. The Balaban J connectivity index is 1.69. The lowest BCUT2D eigenvalue weighted by Gasteiger charge is -2.25. The van der Waals surface area contributed by atoms with Gasteiger partial charge in [-0.25, -0.2) is 13.2 Å². The summed E-state index contributed by atoms with van der Waals surface area (Å²) in [5.41, 5.74) is -0.742. The number of hydrogen-bond acceptors (Lipinski definition) is 6. The Labute approximate surface area is 197 Å². The van der Waals surface area contributed by atoms with Crippen molar-refractivity contribution >= 4 is 5.91 Å². The molecule has 2 atom stereocenters. The van der Waals surface area contributed by atoms with E-state index < -0.39 is 42.1 Å². The second kappa shape index (κ2) is 10.5. The molecule has 0 saturated heterocycles. The van der Waals surface area contributed by atoms with Gasteiger partial charge in [0.1, 0.15) is 29.1 Å². The number of halogens is 3. The molecule has 9 nitrogen and oxygen atoms in total. The average Bonchev–Trinajstić information content (AvgIpc) is 3.50. The number of nitrogens with one attached hydrogen (secondary N) is 2. The summed E-state index contributed by atoms with van der Waals surface area (Å²) in [7, 11) is 1.36. The van der Waals surface area contributed by atoms with E-state index in [4.69, 9.17) is 4.74 Å². The van der Waals surface area contributed by atoms with Crippen LogP contribution in [0.3, 0.4) is 0 Å². The van der Waals surface area contributed by atoms with Gasteiger partial charge in [-0.05, 0) is 36.4 Å². The van der Waals surface area contributed by atoms with E-state index in [0.717, 1.165) is 18.2 Å². The lowest BCUT2D eigenvalue weighted by Crippen LogP contribution is -2.48. The highest BCUT2D eigenvalue weighted by atomic mass is 19.1. The molecule has 35 heavy (non-hydrogen) atoms. The minimum Gasteiger partial charge on any atom is -0.394 e. The highest BCUT2D eigenvalue weighted by Crippen LogP contribution is 2.32. The molecular formula is C23H21F3N6O3. The third-order valence-corrected chi connectivity index (χ3v) is 5.41. The van der Waals surface area contributed by atoms with Crippen LogP contribution < -0.4 is 5.32 Å². The van der Waals surface area contributed by atoms with Crippen LogP contribution in [-0.2, 0) is 11.3 Å². The van der Waals surface area contributed by atoms with Crippen LogP contribution in [0.1, 0.15) is 10.4 Å². The fourth-order valence-corrected chi connectivity index (χ4v) is 3.64. The molecule has 182 valence electrons.